The minimum absolute atomic E-state index is 0.114. The molecule has 6 heteroatoms. The molecule has 24 heavy (non-hydrogen) atoms. The van der Waals surface area contributed by atoms with Crippen LogP contribution in [0.25, 0.3) is 0 Å². The number of benzene rings is 1. The van der Waals surface area contributed by atoms with Crippen molar-refractivity contribution in [2.45, 2.75) is 25.4 Å². The number of hydrogen-bond acceptors (Lipinski definition) is 6. The lowest BCUT2D eigenvalue weighted by molar-refractivity contribution is -0.127. The first kappa shape index (κ1) is 16.8. The van der Waals surface area contributed by atoms with E-state index in [1.54, 1.807) is 12.1 Å². The standard InChI is InChI=1S/C18H23NO5/c1-19-11-17(15(20)9-12-5-7-23-8-6-12)24-16-10-13(18(21)22-2)3-4-14(16)19/h3-4,10,12,17H,5-9,11H2,1-2H3. The van der Waals surface area contributed by atoms with Crippen LogP contribution < -0.4 is 9.64 Å². The highest BCUT2D eigenvalue weighted by Gasteiger charge is 2.31. The molecule has 3 rings (SSSR count). The Kier molecular flexibility index (Phi) is 5.04. The van der Waals surface area contributed by atoms with E-state index in [2.05, 4.69) is 0 Å². The van der Waals surface area contributed by atoms with Gasteiger partial charge in [-0.3, -0.25) is 4.79 Å². The Morgan fingerprint density at radius 3 is 2.75 bits per heavy atom. The van der Waals surface area contributed by atoms with Gasteiger partial charge in [-0.25, -0.2) is 4.79 Å². The third-order valence-corrected chi connectivity index (χ3v) is 4.69. The van der Waals surface area contributed by atoms with Crippen molar-refractivity contribution in [2.24, 2.45) is 5.92 Å². The first-order chi connectivity index (χ1) is 11.6. The molecule has 0 spiro atoms. The van der Waals surface area contributed by atoms with Crippen LogP contribution in [0.5, 0.6) is 5.75 Å². The van der Waals surface area contributed by atoms with E-state index in [-0.39, 0.29) is 5.78 Å². The largest absolute Gasteiger partial charge is 0.479 e. The van der Waals surface area contributed by atoms with E-state index in [1.807, 2.05) is 18.0 Å². The smallest absolute Gasteiger partial charge is 0.337 e. The van der Waals surface area contributed by atoms with E-state index in [9.17, 15) is 9.59 Å². The fraction of sp³-hybridized carbons (Fsp3) is 0.556. The van der Waals surface area contributed by atoms with E-state index in [0.717, 1.165) is 31.7 Å². The Morgan fingerprint density at radius 2 is 2.04 bits per heavy atom. The zero-order valence-corrected chi connectivity index (χ0v) is 14.1. The quantitative estimate of drug-likeness (QED) is 0.786. The minimum Gasteiger partial charge on any atom is -0.479 e. The van der Waals surface area contributed by atoms with Gasteiger partial charge in [0.25, 0.3) is 0 Å². The average molecular weight is 333 g/mol. The molecule has 1 aromatic carbocycles. The van der Waals surface area contributed by atoms with Crippen LogP contribution >= 0.6 is 0 Å². The molecule has 1 fully saturated rings. The molecule has 1 saturated heterocycles. The first-order valence-electron chi connectivity index (χ1n) is 8.29. The molecular formula is C18H23NO5. The van der Waals surface area contributed by atoms with Gasteiger partial charge in [-0.1, -0.05) is 0 Å². The van der Waals surface area contributed by atoms with Gasteiger partial charge in [0.05, 0.1) is 24.9 Å². The van der Waals surface area contributed by atoms with Gasteiger partial charge in [0.1, 0.15) is 5.75 Å². The summed E-state index contributed by atoms with van der Waals surface area (Å²) < 4.78 is 16.0. The number of fused-ring (bicyclic) bond motifs is 1. The number of likely N-dealkylation sites (N-methyl/N-ethyl adjacent to an activating group) is 1. The molecule has 1 unspecified atom stereocenters. The molecule has 0 N–H and O–H groups in total. The second-order valence-electron chi connectivity index (χ2n) is 6.39. The van der Waals surface area contributed by atoms with Gasteiger partial charge in [0.15, 0.2) is 11.9 Å². The molecule has 2 heterocycles. The molecule has 0 amide bonds. The Balaban J connectivity index is 1.72. The SMILES string of the molecule is COC(=O)c1ccc2c(c1)OC(C(=O)CC1CCOCC1)CN2C. The highest BCUT2D eigenvalue weighted by molar-refractivity contribution is 5.91. The van der Waals surface area contributed by atoms with Gasteiger partial charge in [0, 0.05) is 26.7 Å². The van der Waals surface area contributed by atoms with Gasteiger partial charge in [0.2, 0.25) is 0 Å². The van der Waals surface area contributed by atoms with Gasteiger partial charge in [-0.2, -0.15) is 0 Å². The van der Waals surface area contributed by atoms with E-state index in [1.165, 1.54) is 7.11 Å². The molecule has 0 aromatic heterocycles. The second kappa shape index (κ2) is 7.21. The van der Waals surface area contributed by atoms with Gasteiger partial charge in [-0.15, -0.1) is 0 Å². The number of ketones is 1. The van der Waals surface area contributed by atoms with Crippen LogP contribution in [0.2, 0.25) is 0 Å². The maximum atomic E-state index is 12.6. The number of hydrogen-bond donors (Lipinski definition) is 0. The fourth-order valence-electron chi connectivity index (χ4n) is 3.24. The summed E-state index contributed by atoms with van der Waals surface area (Å²) in [6.45, 7) is 1.98. The van der Waals surface area contributed by atoms with E-state index in [0.29, 0.717) is 30.2 Å². The molecule has 0 bridgehead atoms. The predicted molar refractivity (Wildman–Crippen MR) is 88.6 cm³/mol. The minimum atomic E-state index is -0.502. The monoisotopic (exact) mass is 333 g/mol. The number of carbonyl (C=O) groups excluding carboxylic acids is 2. The normalized spacial score (nSPS) is 20.9. The summed E-state index contributed by atoms with van der Waals surface area (Å²) in [6.07, 6.45) is 1.88. The van der Waals surface area contributed by atoms with Gasteiger partial charge in [-0.05, 0) is 37.0 Å². The number of rotatable bonds is 4. The van der Waals surface area contributed by atoms with Crippen molar-refractivity contribution in [3.8, 4) is 5.75 Å². The topological polar surface area (TPSA) is 65.1 Å². The Morgan fingerprint density at radius 1 is 1.29 bits per heavy atom. The zero-order chi connectivity index (χ0) is 17.1. The van der Waals surface area contributed by atoms with Crippen molar-refractivity contribution >= 4 is 17.4 Å². The number of anilines is 1. The van der Waals surface area contributed by atoms with Crippen molar-refractivity contribution in [1.29, 1.82) is 0 Å². The van der Waals surface area contributed by atoms with Crippen molar-refractivity contribution in [3.63, 3.8) is 0 Å². The molecule has 1 atom stereocenters. The predicted octanol–water partition coefficient (Wildman–Crippen LogP) is 2.06. The lowest BCUT2D eigenvalue weighted by Crippen LogP contribution is -2.43. The second-order valence-corrected chi connectivity index (χ2v) is 6.39. The summed E-state index contributed by atoms with van der Waals surface area (Å²) in [7, 11) is 3.27. The third-order valence-electron chi connectivity index (χ3n) is 4.69. The summed E-state index contributed by atoms with van der Waals surface area (Å²) in [4.78, 5) is 26.3. The van der Waals surface area contributed by atoms with Crippen LogP contribution in [0, 0.1) is 5.92 Å². The first-order valence-corrected chi connectivity index (χ1v) is 8.29. The fourth-order valence-corrected chi connectivity index (χ4v) is 3.24. The summed E-state index contributed by atoms with van der Waals surface area (Å²) in [6, 6.07) is 5.17. The summed E-state index contributed by atoms with van der Waals surface area (Å²) in [5, 5.41) is 0. The molecule has 0 saturated carbocycles. The van der Waals surface area contributed by atoms with Crippen LogP contribution in [-0.4, -0.2) is 51.8 Å². The van der Waals surface area contributed by atoms with E-state index in [4.69, 9.17) is 14.2 Å². The Bertz CT molecular complexity index is 624. The molecule has 6 nitrogen and oxygen atoms in total. The highest BCUT2D eigenvalue weighted by atomic mass is 16.5. The summed E-state index contributed by atoms with van der Waals surface area (Å²) >= 11 is 0. The zero-order valence-electron chi connectivity index (χ0n) is 14.1. The number of esters is 1. The molecule has 2 aliphatic rings. The number of methoxy groups -OCH3 is 1. The van der Waals surface area contributed by atoms with Crippen molar-refractivity contribution in [1.82, 2.24) is 0 Å². The van der Waals surface area contributed by atoms with E-state index >= 15 is 0 Å². The molecule has 0 aliphatic carbocycles. The van der Waals surface area contributed by atoms with Crippen LogP contribution in [0.1, 0.15) is 29.6 Å². The molecule has 130 valence electrons. The Hall–Kier alpha value is -2.08. The number of Topliss-reactive ketones (excluding diaryl/α,β-unsaturated/α-hetero) is 1. The molecule has 1 aromatic rings. The average Bonchev–Trinajstić information content (AvgIpc) is 2.61. The number of carbonyl (C=O) groups is 2. The van der Waals surface area contributed by atoms with E-state index < -0.39 is 12.1 Å². The van der Waals surface area contributed by atoms with Crippen molar-refractivity contribution in [2.75, 3.05) is 38.8 Å². The maximum Gasteiger partial charge on any atom is 0.337 e. The molecular weight excluding hydrogens is 310 g/mol. The maximum absolute atomic E-state index is 12.6. The number of ether oxygens (including phenoxy) is 3. The third kappa shape index (κ3) is 3.53. The number of nitrogens with zero attached hydrogens (tertiary/aromatic N) is 1. The van der Waals surface area contributed by atoms with Crippen LogP contribution in [0.15, 0.2) is 18.2 Å². The van der Waals surface area contributed by atoms with Crippen molar-refractivity contribution in [3.05, 3.63) is 23.8 Å². The lowest BCUT2D eigenvalue weighted by atomic mass is 9.92. The molecule has 2 aliphatic heterocycles. The highest BCUT2D eigenvalue weighted by Crippen LogP contribution is 2.34. The van der Waals surface area contributed by atoms with Crippen molar-refractivity contribution < 1.29 is 23.8 Å². The summed E-state index contributed by atoms with van der Waals surface area (Å²) in [5.41, 5.74) is 1.29. The van der Waals surface area contributed by atoms with Crippen LogP contribution in [0.3, 0.4) is 0 Å². The van der Waals surface area contributed by atoms with Gasteiger partial charge >= 0.3 is 5.97 Å². The van der Waals surface area contributed by atoms with Gasteiger partial charge < -0.3 is 19.1 Å². The van der Waals surface area contributed by atoms with Crippen LogP contribution in [-0.2, 0) is 14.3 Å². The van der Waals surface area contributed by atoms with Crippen LogP contribution in [0.4, 0.5) is 5.69 Å². The summed E-state index contributed by atoms with van der Waals surface area (Å²) in [5.74, 6) is 0.627. The lowest BCUT2D eigenvalue weighted by Gasteiger charge is -2.34. The Labute approximate surface area is 141 Å². The molecule has 0 radical (unpaired) electrons.